The van der Waals surface area contributed by atoms with Crippen LogP contribution in [0.5, 0.6) is 5.75 Å². The molecule has 1 N–H and O–H groups in total. The lowest BCUT2D eigenvalue weighted by Crippen LogP contribution is -2.55. The van der Waals surface area contributed by atoms with E-state index in [4.69, 9.17) is 4.74 Å². The highest BCUT2D eigenvalue weighted by Crippen LogP contribution is 2.51. The summed E-state index contributed by atoms with van der Waals surface area (Å²) in [7, 11) is 0. The van der Waals surface area contributed by atoms with Gasteiger partial charge in [0.15, 0.2) is 5.83 Å². The molecule has 2 aliphatic rings. The van der Waals surface area contributed by atoms with Crippen LogP contribution >= 0.6 is 0 Å². The predicted octanol–water partition coefficient (Wildman–Crippen LogP) is 4.23. The Hall–Kier alpha value is -2.76. The van der Waals surface area contributed by atoms with Crippen LogP contribution in [0.25, 0.3) is 11.1 Å². The largest absolute Gasteiger partial charge is 0.493 e. The number of benzene rings is 2. The summed E-state index contributed by atoms with van der Waals surface area (Å²) in [6.45, 7) is 4.00. The van der Waals surface area contributed by atoms with Crippen molar-refractivity contribution in [3.05, 3.63) is 65.5 Å². The van der Waals surface area contributed by atoms with Gasteiger partial charge in [-0.1, -0.05) is 19.9 Å². The molecule has 0 fully saturated rings. The number of amides is 1. The van der Waals surface area contributed by atoms with Gasteiger partial charge in [0.25, 0.3) is 5.91 Å². The summed E-state index contributed by atoms with van der Waals surface area (Å²) in [6, 6.07) is 8.26. The quantitative estimate of drug-likeness (QED) is 0.828. The van der Waals surface area contributed by atoms with Crippen LogP contribution in [-0.2, 0) is 10.3 Å². The van der Waals surface area contributed by atoms with Crippen molar-refractivity contribution in [2.75, 3.05) is 6.61 Å². The lowest BCUT2D eigenvalue weighted by Gasteiger charge is -2.47. The average Bonchev–Trinajstić information content (AvgIpc) is 2.87. The minimum atomic E-state index is -1.09. The minimum Gasteiger partial charge on any atom is -0.493 e. The highest BCUT2D eigenvalue weighted by Gasteiger charge is 2.54. The maximum absolute atomic E-state index is 14.0. The van der Waals surface area contributed by atoms with Gasteiger partial charge in [0.2, 0.25) is 0 Å². The van der Waals surface area contributed by atoms with E-state index in [9.17, 15) is 18.0 Å². The number of nitrogens with one attached hydrogen (secondary N) is 1. The van der Waals surface area contributed by atoms with Crippen molar-refractivity contribution in [1.82, 2.24) is 5.32 Å². The fourth-order valence-electron chi connectivity index (χ4n) is 3.64. The minimum absolute atomic E-state index is 0.276. The molecule has 2 aromatic rings. The standard InChI is InChI=1S/C20H16F3NO2/c1-19(2)10-26-17-4-3-11(12-5-13(21)8-14(22)6-12)7-15(17)20(19)9-16(23)18(25)24-20/h3-9H,10H2,1-2H3,(H,24,25). The number of carbonyl (C=O) groups excluding carboxylic acids is 1. The van der Waals surface area contributed by atoms with Crippen LogP contribution in [0.4, 0.5) is 13.2 Å². The fourth-order valence-corrected chi connectivity index (χ4v) is 3.64. The molecule has 2 aromatic carbocycles. The molecule has 2 heterocycles. The van der Waals surface area contributed by atoms with Crippen LogP contribution in [0.2, 0.25) is 0 Å². The molecule has 4 rings (SSSR count). The van der Waals surface area contributed by atoms with Crippen molar-refractivity contribution >= 4 is 5.91 Å². The monoisotopic (exact) mass is 359 g/mol. The van der Waals surface area contributed by atoms with Gasteiger partial charge in [-0.3, -0.25) is 4.79 Å². The summed E-state index contributed by atoms with van der Waals surface area (Å²) in [5.41, 5.74) is -0.286. The van der Waals surface area contributed by atoms with Gasteiger partial charge in [0, 0.05) is 17.0 Å². The van der Waals surface area contributed by atoms with E-state index in [0.717, 1.165) is 6.07 Å². The second-order valence-electron chi connectivity index (χ2n) is 7.30. The van der Waals surface area contributed by atoms with Gasteiger partial charge in [-0.25, -0.2) is 13.2 Å². The normalized spacial score (nSPS) is 23.3. The van der Waals surface area contributed by atoms with E-state index in [1.165, 1.54) is 18.2 Å². The Bertz CT molecular complexity index is 947. The maximum Gasteiger partial charge on any atom is 0.280 e. The van der Waals surface area contributed by atoms with Gasteiger partial charge in [-0.2, -0.15) is 0 Å². The number of hydrogen-bond donors (Lipinski definition) is 1. The van der Waals surface area contributed by atoms with Gasteiger partial charge in [0.1, 0.15) is 17.4 Å². The summed E-state index contributed by atoms with van der Waals surface area (Å²) in [5, 5.41) is 2.73. The van der Waals surface area contributed by atoms with Crippen molar-refractivity contribution in [2.45, 2.75) is 19.4 Å². The number of rotatable bonds is 1. The molecule has 0 radical (unpaired) electrons. The van der Waals surface area contributed by atoms with Gasteiger partial charge in [0.05, 0.1) is 12.1 Å². The summed E-state index contributed by atoms with van der Waals surface area (Å²) in [6.07, 6.45) is 1.27. The summed E-state index contributed by atoms with van der Waals surface area (Å²) in [5.74, 6) is -2.52. The topological polar surface area (TPSA) is 38.3 Å². The second-order valence-corrected chi connectivity index (χ2v) is 7.30. The molecule has 134 valence electrons. The van der Waals surface area contributed by atoms with E-state index in [2.05, 4.69) is 5.32 Å². The lowest BCUT2D eigenvalue weighted by molar-refractivity contribution is -0.120. The van der Waals surface area contributed by atoms with Crippen LogP contribution in [0.1, 0.15) is 19.4 Å². The Morgan fingerprint density at radius 1 is 1.00 bits per heavy atom. The van der Waals surface area contributed by atoms with E-state index < -0.39 is 34.3 Å². The Kier molecular flexibility index (Phi) is 3.45. The highest BCUT2D eigenvalue weighted by molar-refractivity contribution is 5.95. The average molecular weight is 359 g/mol. The molecular formula is C20H16F3NO2. The van der Waals surface area contributed by atoms with E-state index in [-0.39, 0.29) is 6.61 Å². The van der Waals surface area contributed by atoms with Crippen LogP contribution in [-0.4, -0.2) is 12.5 Å². The number of carbonyl (C=O) groups is 1. The van der Waals surface area contributed by atoms with E-state index in [1.54, 1.807) is 18.2 Å². The first kappa shape index (κ1) is 16.7. The van der Waals surface area contributed by atoms with Gasteiger partial charge < -0.3 is 10.1 Å². The van der Waals surface area contributed by atoms with Crippen LogP contribution in [0.15, 0.2) is 48.3 Å². The molecule has 1 amide bonds. The van der Waals surface area contributed by atoms with E-state index in [1.807, 2.05) is 13.8 Å². The zero-order chi connectivity index (χ0) is 18.7. The molecule has 0 bridgehead atoms. The SMILES string of the molecule is CC1(C)COc2ccc(-c3cc(F)cc(F)c3)cc2C12C=C(F)C(=O)N2. The second kappa shape index (κ2) is 5.37. The van der Waals surface area contributed by atoms with Crippen LogP contribution in [0, 0.1) is 17.0 Å². The number of fused-ring (bicyclic) bond motifs is 2. The summed E-state index contributed by atoms with van der Waals surface area (Å²) < 4.78 is 47.0. The maximum atomic E-state index is 14.0. The first-order chi connectivity index (χ1) is 12.2. The lowest BCUT2D eigenvalue weighted by atomic mass is 9.67. The Morgan fingerprint density at radius 2 is 1.69 bits per heavy atom. The molecule has 0 saturated heterocycles. The smallest absolute Gasteiger partial charge is 0.280 e. The number of ether oxygens (including phenoxy) is 1. The van der Waals surface area contributed by atoms with E-state index in [0.29, 0.717) is 22.4 Å². The zero-order valence-electron chi connectivity index (χ0n) is 14.2. The first-order valence-corrected chi connectivity index (χ1v) is 8.16. The van der Waals surface area contributed by atoms with Gasteiger partial charge in [-0.05, 0) is 41.5 Å². The highest BCUT2D eigenvalue weighted by atomic mass is 19.1. The molecule has 0 saturated carbocycles. The van der Waals surface area contributed by atoms with Crippen molar-refractivity contribution < 1.29 is 22.7 Å². The fraction of sp³-hybridized carbons (Fsp3) is 0.250. The summed E-state index contributed by atoms with van der Waals surface area (Å²) >= 11 is 0. The zero-order valence-corrected chi connectivity index (χ0v) is 14.2. The predicted molar refractivity (Wildman–Crippen MR) is 90.1 cm³/mol. The molecule has 26 heavy (non-hydrogen) atoms. The van der Waals surface area contributed by atoms with Crippen LogP contribution < -0.4 is 10.1 Å². The summed E-state index contributed by atoms with van der Waals surface area (Å²) in [4.78, 5) is 11.9. The molecule has 6 heteroatoms. The molecule has 0 aliphatic carbocycles. The van der Waals surface area contributed by atoms with Gasteiger partial charge in [-0.15, -0.1) is 0 Å². The molecular weight excluding hydrogens is 343 g/mol. The molecule has 2 aliphatic heterocycles. The van der Waals surface area contributed by atoms with Crippen LogP contribution in [0.3, 0.4) is 0 Å². The Morgan fingerprint density at radius 3 is 2.31 bits per heavy atom. The third-order valence-electron chi connectivity index (χ3n) is 5.13. The van der Waals surface area contributed by atoms with Crippen molar-refractivity contribution in [3.63, 3.8) is 0 Å². The van der Waals surface area contributed by atoms with Crippen molar-refractivity contribution in [1.29, 1.82) is 0 Å². The van der Waals surface area contributed by atoms with Gasteiger partial charge >= 0.3 is 0 Å². The first-order valence-electron chi connectivity index (χ1n) is 8.16. The Labute approximate surface area is 148 Å². The molecule has 3 nitrogen and oxygen atoms in total. The number of hydrogen-bond acceptors (Lipinski definition) is 2. The third kappa shape index (κ3) is 2.32. The molecule has 0 aromatic heterocycles. The van der Waals surface area contributed by atoms with E-state index >= 15 is 0 Å². The van der Waals surface area contributed by atoms with Crippen molar-refractivity contribution in [3.8, 4) is 16.9 Å². The molecule has 1 atom stereocenters. The Balaban J connectivity index is 1.93. The number of halogens is 3. The third-order valence-corrected chi connectivity index (χ3v) is 5.13. The molecule has 1 spiro atoms. The molecule has 1 unspecified atom stereocenters. The van der Waals surface area contributed by atoms with Crippen molar-refractivity contribution in [2.24, 2.45) is 5.41 Å².